The molecule has 0 bridgehead atoms. The van der Waals surface area contributed by atoms with Gasteiger partial charge in [0.1, 0.15) is 0 Å². The van der Waals surface area contributed by atoms with Gasteiger partial charge in [0, 0.05) is 20.1 Å². The standard InChI is InChI=1S/C12H29N3O2S/c1-4-6-7-11-14-18(16,17)15(3)12-8-10-13-9-5-2/h13-14H,4-12H2,1-3H3. The molecule has 2 N–H and O–H groups in total. The molecule has 0 aromatic heterocycles. The van der Waals surface area contributed by atoms with Gasteiger partial charge in [-0.3, -0.25) is 0 Å². The molecule has 0 atom stereocenters. The summed E-state index contributed by atoms with van der Waals surface area (Å²) < 4.78 is 27.6. The van der Waals surface area contributed by atoms with Crippen LogP contribution in [0.1, 0.15) is 46.0 Å². The van der Waals surface area contributed by atoms with E-state index in [1.54, 1.807) is 7.05 Å². The third kappa shape index (κ3) is 8.85. The molecular weight excluding hydrogens is 250 g/mol. The van der Waals surface area contributed by atoms with Gasteiger partial charge < -0.3 is 5.32 Å². The molecule has 0 aromatic carbocycles. The first-order valence-electron chi connectivity index (χ1n) is 6.96. The van der Waals surface area contributed by atoms with Crippen LogP contribution in [-0.2, 0) is 10.2 Å². The molecule has 0 unspecified atom stereocenters. The summed E-state index contributed by atoms with van der Waals surface area (Å²) in [5, 5.41) is 3.26. The fourth-order valence-corrected chi connectivity index (χ4v) is 2.53. The lowest BCUT2D eigenvalue weighted by molar-refractivity contribution is 0.443. The molecule has 0 heterocycles. The topological polar surface area (TPSA) is 61.4 Å². The van der Waals surface area contributed by atoms with Crippen molar-refractivity contribution in [3.63, 3.8) is 0 Å². The van der Waals surface area contributed by atoms with Crippen molar-refractivity contribution in [2.45, 2.75) is 46.0 Å². The number of rotatable bonds is 12. The summed E-state index contributed by atoms with van der Waals surface area (Å²) >= 11 is 0. The minimum atomic E-state index is -3.28. The highest BCUT2D eigenvalue weighted by atomic mass is 32.2. The maximum absolute atomic E-state index is 11.8. The van der Waals surface area contributed by atoms with E-state index in [-0.39, 0.29) is 0 Å². The third-order valence-corrected chi connectivity index (χ3v) is 4.30. The number of nitrogens with one attached hydrogen (secondary N) is 2. The Morgan fingerprint density at radius 2 is 1.67 bits per heavy atom. The van der Waals surface area contributed by atoms with Gasteiger partial charge in [0.15, 0.2) is 0 Å². The van der Waals surface area contributed by atoms with Crippen molar-refractivity contribution in [1.82, 2.24) is 14.3 Å². The average Bonchev–Trinajstić information content (AvgIpc) is 2.34. The number of hydrogen-bond acceptors (Lipinski definition) is 3. The van der Waals surface area contributed by atoms with Gasteiger partial charge in [0.25, 0.3) is 10.2 Å². The van der Waals surface area contributed by atoms with Crippen LogP contribution in [0.4, 0.5) is 0 Å². The largest absolute Gasteiger partial charge is 0.317 e. The van der Waals surface area contributed by atoms with Crippen LogP contribution in [0, 0.1) is 0 Å². The van der Waals surface area contributed by atoms with Crippen LogP contribution in [0.25, 0.3) is 0 Å². The fraction of sp³-hybridized carbons (Fsp3) is 1.00. The zero-order valence-electron chi connectivity index (χ0n) is 12.0. The Bertz CT molecular complexity index is 281. The van der Waals surface area contributed by atoms with Crippen molar-refractivity contribution in [3.8, 4) is 0 Å². The van der Waals surface area contributed by atoms with Crippen LogP contribution < -0.4 is 10.0 Å². The maximum atomic E-state index is 11.8. The second-order valence-corrected chi connectivity index (χ2v) is 6.39. The van der Waals surface area contributed by atoms with Crippen LogP contribution >= 0.6 is 0 Å². The van der Waals surface area contributed by atoms with Crippen LogP contribution in [0.15, 0.2) is 0 Å². The van der Waals surface area contributed by atoms with Crippen molar-refractivity contribution in [2.75, 3.05) is 33.2 Å². The first-order chi connectivity index (χ1) is 8.54. The molecule has 0 saturated carbocycles. The second kappa shape index (κ2) is 10.7. The summed E-state index contributed by atoms with van der Waals surface area (Å²) in [6.07, 6.45) is 5.01. The Hall–Kier alpha value is -0.170. The quantitative estimate of drug-likeness (QED) is 0.530. The van der Waals surface area contributed by atoms with Crippen LogP contribution in [0.5, 0.6) is 0 Å². The van der Waals surface area contributed by atoms with E-state index in [0.29, 0.717) is 13.1 Å². The molecule has 0 aliphatic heterocycles. The summed E-state index contributed by atoms with van der Waals surface area (Å²) in [6, 6.07) is 0. The lowest BCUT2D eigenvalue weighted by Crippen LogP contribution is -2.39. The summed E-state index contributed by atoms with van der Waals surface area (Å²) in [7, 11) is -1.65. The van der Waals surface area contributed by atoms with Crippen molar-refractivity contribution < 1.29 is 8.42 Å². The van der Waals surface area contributed by atoms with E-state index in [1.807, 2.05) is 0 Å². The van der Waals surface area contributed by atoms with Gasteiger partial charge in [-0.25, -0.2) is 4.72 Å². The molecule has 110 valence electrons. The molecular formula is C12H29N3O2S. The molecule has 0 amide bonds. The Balaban J connectivity index is 3.74. The molecule has 0 spiro atoms. The van der Waals surface area contributed by atoms with E-state index in [0.717, 1.165) is 45.2 Å². The smallest absolute Gasteiger partial charge is 0.279 e. The van der Waals surface area contributed by atoms with Crippen molar-refractivity contribution in [3.05, 3.63) is 0 Å². The van der Waals surface area contributed by atoms with Gasteiger partial charge in [0.05, 0.1) is 0 Å². The van der Waals surface area contributed by atoms with Crippen LogP contribution in [0.2, 0.25) is 0 Å². The number of unbranched alkanes of at least 4 members (excludes halogenated alkanes) is 2. The van der Waals surface area contributed by atoms with Crippen LogP contribution in [-0.4, -0.2) is 45.9 Å². The normalized spacial score (nSPS) is 12.2. The minimum Gasteiger partial charge on any atom is -0.317 e. The lowest BCUT2D eigenvalue weighted by Gasteiger charge is -2.17. The molecule has 0 radical (unpaired) electrons. The summed E-state index contributed by atoms with van der Waals surface area (Å²) in [6.45, 7) is 7.16. The third-order valence-electron chi connectivity index (χ3n) is 2.73. The Morgan fingerprint density at radius 3 is 2.28 bits per heavy atom. The van der Waals surface area contributed by atoms with E-state index >= 15 is 0 Å². The monoisotopic (exact) mass is 279 g/mol. The van der Waals surface area contributed by atoms with Gasteiger partial charge in [-0.2, -0.15) is 12.7 Å². The van der Waals surface area contributed by atoms with Crippen LogP contribution in [0.3, 0.4) is 0 Å². The highest BCUT2D eigenvalue weighted by molar-refractivity contribution is 7.87. The van der Waals surface area contributed by atoms with Gasteiger partial charge in [0.2, 0.25) is 0 Å². The van der Waals surface area contributed by atoms with E-state index in [2.05, 4.69) is 23.9 Å². The molecule has 0 rings (SSSR count). The summed E-state index contributed by atoms with van der Waals surface area (Å²) in [5.41, 5.74) is 0. The Labute approximate surface area is 113 Å². The van der Waals surface area contributed by atoms with Crippen molar-refractivity contribution >= 4 is 10.2 Å². The molecule has 0 aromatic rings. The predicted octanol–water partition coefficient (Wildman–Crippen LogP) is 1.33. The highest BCUT2D eigenvalue weighted by Gasteiger charge is 2.15. The van der Waals surface area contributed by atoms with Gasteiger partial charge >= 0.3 is 0 Å². The first-order valence-corrected chi connectivity index (χ1v) is 8.40. The molecule has 0 saturated heterocycles. The molecule has 0 aliphatic rings. The van der Waals surface area contributed by atoms with Gasteiger partial charge in [-0.05, 0) is 32.4 Å². The predicted molar refractivity (Wildman–Crippen MR) is 76.9 cm³/mol. The molecule has 5 nitrogen and oxygen atoms in total. The van der Waals surface area contributed by atoms with Crippen molar-refractivity contribution in [1.29, 1.82) is 0 Å². The Morgan fingerprint density at radius 1 is 0.944 bits per heavy atom. The number of hydrogen-bond donors (Lipinski definition) is 2. The molecule has 0 fully saturated rings. The van der Waals surface area contributed by atoms with E-state index in [4.69, 9.17) is 0 Å². The fourth-order valence-electron chi connectivity index (χ4n) is 1.54. The minimum absolute atomic E-state index is 0.536. The molecule has 6 heteroatoms. The Kier molecular flexibility index (Phi) is 10.6. The van der Waals surface area contributed by atoms with Crippen molar-refractivity contribution in [2.24, 2.45) is 0 Å². The number of nitrogens with zero attached hydrogens (tertiary/aromatic N) is 1. The van der Waals surface area contributed by atoms with E-state index in [1.165, 1.54) is 4.31 Å². The summed E-state index contributed by atoms with van der Waals surface area (Å²) in [4.78, 5) is 0. The molecule has 0 aliphatic carbocycles. The van der Waals surface area contributed by atoms with E-state index in [9.17, 15) is 8.42 Å². The lowest BCUT2D eigenvalue weighted by atomic mass is 10.3. The maximum Gasteiger partial charge on any atom is 0.279 e. The molecule has 18 heavy (non-hydrogen) atoms. The van der Waals surface area contributed by atoms with Gasteiger partial charge in [-0.15, -0.1) is 0 Å². The average molecular weight is 279 g/mol. The zero-order valence-corrected chi connectivity index (χ0v) is 12.9. The SMILES string of the molecule is CCCCCNS(=O)(=O)N(C)CCCNCCC. The second-order valence-electron chi connectivity index (χ2n) is 4.53. The van der Waals surface area contributed by atoms with E-state index < -0.39 is 10.2 Å². The first kappa shape index (κ1) is 17.8. The van der Waals surface area contributed by atoms with Gasteiger partial charge in [-0.1, -0.05) is 26.7 Å². The highest BCUT2D eigenvalue weighted by Crippen LogP contribution is 1.97. The zero-order chi connectivity index (χ0) is 13.9. The summed E-state index contributed by atoms with van der Waals surface area (Å²) in [5.74, 6) is 0.